The minimum absolute atomic E-state index is 0.0504. The molecule has 20 heavy (non-hydrogen) atoms. The number of hydrogen-bond donors (Lipinski definition) is 0. The highest BCUT2D eigenvalue weighted by Gasteiger charge is 2.34. The molecule has 0 saturated heterocycles. The lowest BCUT2D eigenvalue weighted by molar-refractivity contribution is -0.154. The number of allylic oxidation sites excluding steroid dienone is 3. The summed E-state index contributed by atoms with van der Waals surface area (Å²) >= 11 is 0. The molecule has 0 N–H and O–H groups in total. The van der Waals surface area contributed by atoms with Crippen molar-refractivity contribution in [3.8, 4) is 0 Å². The summed E-state index contributed by atoms with van der Waals surface area (Å²) in [4.78, 5) is 22.8. The van der Waals surface area contributed by atoms with Crippen LogP contribution < -0.4 is 0 Å². The number of carbonyl (C=O) groups is 2. The lowest BCUT2D eigenvalue weighted by Gasteiger charge is -2.37. The normalized spacial score (nSPS) is 22.4. The molecule has 0 heterocycles. The molecule has 1 unspecified atom stereocenters. The molecule has 0 radical (unpaired) electrons. The first-order valence-corrected chi connectivity index (χ1v) is 7.23. The number of ketones is 1. The molecule has 1 aliphatic carbocycles. The van der Waals surface area contributed by atoms with Gasteiger partial charge in [-0.05, 0) is 37.3 Å². The van der Waals surface area contributed by atoms with E-state index in [4.69, 9.17) is 4.74 Å². The molecular weight excluding hydrogens is 252 g/mol. The zero-order valence-electron chi connectivity index (χ0n) is 13.4. The van der Waals surface area contributed by atoms with Gasteiger partial charge in [0.2, 0.25) is 0 Å². The molecule has 0 bridgehead atoms. The Labute approximate surface area is 122 Å². The van der Waals surface area contributed by atoms with Crippen molar-refractivity contribution in [2.24, 2.45) is 11.3 Å². The molecule has 1 aliphatic rings. The third-order valence-electron chi connectivity index (χ3n) is 3.70. The van der Waals surface area contributed by atoms with Crippen LogP contribution in [0.2, 0.25) is 0 Å². The van der Waals surface area contributed by atoms with Crippen LogP contribution in [0.5, 0.6) is 0 Å². The molecule has 0 amide bonds. The van der Waals surface area contributed by atoms with Gasteiger partial charge >= 0.3 is 5.97 Å². The lowest BCUT2D eigenvalue weighted by Crippen LogP contribution is -2.32. The standard InChI is InChI=1S/C17H26O3/c1-11(2)16(19)20-14-9-12(3)15(8-7-13(4)18)17(5,6)10-14/h7-8,11,14H,9-10H2,1-6H3. The maximum atomic E-state index is 11.7. The fourth-order valence-electron chi connectivity index (χ4n) is 2.73. The zero-order chi connectivity index (χ0) is 15.5. The van der Waals surface area contributed by atoms with Crippen molar-refractivity contribution in [3.63, 3.8) is 0 Å². The number of rotatable bonds is 4. The van der Waals surface area contributed by atoms with E-state index >= 15 is 0 Å². The molecule has 0 spiro atoms. The lowest BCUT2D eigenvalue weighted by atomic mass is 9.71. The van der Waals surface area contributed by atoms with Crippen LogP contribution in [-0.4, -0.2) is 17.9 Å². The van der Waals surface area contributed by atoms with Crippen molar-refractivity contribution < 1.29 is 14.3 Å². The second-order valence-electron chi connectivity index (χ2n) is 6.64. The van der Waals surface area contributed by atoms with E-state index in [0.29, 0.717) is 0 Å². The van der Waals surface area contributed by atoms with Gasteiger partial charge in [-0.1, -0.05) is 39.3 Å². The summed E-state index contributed by atoms with van der Waals surface area (Å²) in [6.07, 6.45) is 5.01. The summed E-state index contributed by atoms with van der Waals surface area (Å²) in [5.74, 6) is -0.183. The Hall–Kier alpha value is -1.38. The van der Waals surface area contributed by atoms with Gasteiger partial charge in [0.25, 0.3) is 0 Å². The predicted octanol–water partition coefficient (Wildman–Crippen LogP) is 3.84. The van der Waals surface area contributed by atoms with Crippen LogP contribution in [0.25, 0.3) is 0 Å². The quantitative estimate of drug-likeness (QED) is 0.579. The highest BCUT2D eigenvalue weighted by molar-refractivity contribution is 5.87. The maximum absolute atomic E-state index is 11.7. The van der Waals surface area contributed by atoms with Crippen LogP contribution in [0.1, 0.15) is 54.4 Å². The van der Waals surface area contributed by atoms with Gasteiger partial charge in [0.15, 0.2) is 5.78 Å². The second-order valence-corrected chi connectivity index (χ2v) is 6.64. The first-order chi connectivity index (χ1) is 9.13. The minimum Gasteiger partial charge on any atom is -0.462 e. The molecule has 0 aromatic rings. The minimum atomic E-state index is -0.138. The number of hydrogen-bond acceptors (Lipinski definition) is 3. The zero-order valence-corrected chi connectivity index (χ0v) is 13.4. The summed E-state index contributed by atoms with van der Waals surface area (Å²) in [5, 5.41) is 0. The van der Waals surface area contributed by atoms with Gasteiger partial charge in [-0.3, -0.25) is 9.59 Å². The largest absolute Gasteiger partial charge is 0.462 e. The van der Waals surface area contributed by atoms with Gasteiger partial charge < -0.3 is 4.74 Å². The Balaban J connectivity index is 2.90. The summed E-state index contributed by atoms with van der Waals surface area (Å²) in [5.41, 5.74) is 2.29. The molecule has 0 fully saturated rings. The van der Waals surface area contributed by atoms with Crippen LogP contribution >= 0.6 is 0 Å². The number of carbonyl (C=O) groups excluding carboxylic acids is 2. The van der Waals surface area contributed by atoms with Crippen LogP contribution in [0.15, 0.2) is 23.3 Å². The van der Waals surface area contributed by atoms with Crippen LogP contribution in [0, 0.1) is 11.3 Å². The number of esters is 1. The fraction of sp³-hybridized carbons (Fsp3) is 0.647. The molecule has 0 aromatic heterocycles. The van der Waals surface area contributed by atoms with Gasteiger partial charge in [-0.2, -0.15) is 0 Å². The van der Waals surface area contributed by atoms with Gasteiger partial charge in [0.05, 0.1) is 5.92 Å². The molecule has 0 aromatic carbocycles. The van der Waals surface area contributed by atoms with Gasteiger partial charge in [0.1, 0.15) is 6.10 Å². The summed E-state index contributed by atoms with van der Waals surface area (Å²) in [6.45, 7) is 11.6. The Bertz CT molecular complexity index is 453. The third kappa shape index (κ3) is 4.32. The van der Waals surface area contributed by atoms with E-state index in [2.05, 4.69) is 20.8 Å². The second kappa shape index (κ2) is 6.38. The van der Waals surface area contributed by atoms with Gasteiger partial charge in [0, 0.05) is 6.42 Å². The molecule has 1 rings (SSSR count). The third-order valence-corrected chi connectivity index (χ3v) is 3.70. The summed E-state index contributed by atoms with van der Waals surface area (Å²) in [7, 11) is 0. The Morgan fingerprint density at radius 3 is 2.40 bits per heavy atom. The van der Waals surface area contributed by atoms with Crippen molar-refractivity contribution in [1.82, 2.24) is 0 Å². The molecule has 112 valence electrons. The fourth-order valence-corrected chi connectivity index (χ4v) is 2.73. The number of ether oxygens (including phenoxy) is 1. The highest BCUT2D eigenvalue weighted by atomic mass is 16.5. The van der Waals surface area contributed by atoms with Crippen molar-refractivity contribution in [1.29, 1.82) is 0 Å². The van der Waals surface area contributed by atoms with Gasteiger partial charge in [-0.25, -0.2) is 0 Å². The summed E-state index contributed by atoms with van der Waals surface area (Å²) < 4.78 is 5.57. The molecule has 0 saturated carbocycles. The molecule has 1 atom stereocenters. The Morgan fingerprint density at radius 1 is 1.35 bits per heavy atom. The van der Waals surface area contributed by atoms with Crippen LogP contribution in [0.3, 0.4) is 0 Å². The molecule has 3 nitrogen and oxygen atoms in total. The van der Waals surface area contributed by atoms with E-state index in [1.165, 1.54) is 11.1 Å². The Morgan fingerprint density at radius 2 is 1.95 bits per heavy atom. The molecular formula is C17H26O3. The van der Waals surface area contributed by atoms with E-state index in [1.54, 1.807) is 13.0 Å². The average Bonchev–Trinajstić information content (AvgIpc) is 2.25. The van der Waals surface area contributed by atoms with Crippen LogP contribution in [0.4, 0.5) is 0 Å². The topological polar surface area (TPSA) is 43.4 Å². The molecule has 0 aliphatic heterocycles. The highest BCUT2D eigenvalue weighted by Crippen LogP contribution is 2.42. The van der Waals surface area contributed by atoms with Crippen molar-refractivity contribution in [3.05, 3.63) is 23.3 Å². The van der Waals surface area contributed by atoms with Crippen molar-refractivity contribution >= 4 is 11.8 Å². The van der Waals surface area contributed by atoms with E-state index < -0.39 is 0 Å². The first-order valence-electron chi connectivity index (χ1n) is 7.23. The summed E-state index contributed by atoms with van der Waals surface area (Å²) in [6, 6.07) is 0. The van der Waals surface area contributed by atoms with E-state index in [9.17, 15) is 9.59 Å². The Kier molecular flexibility index (Phi) is 5.32. The van der Waals surface area contributed by atoms with E-state index in [1.807, 2.05) is 19.9 Å². The average molecular weight is 278 g/mol. The predicted molar refractivity (Wildman–Crippen MR) is 80.3 cm³/mol. The first kappa shape index (κ1) is 16.7. The molecule has 3 heteroatoms. The monoisotopic (exact) mass is 278 g/mol. The smallest absolute Gasteiger partial charge is 0.308 e. The van der Waals surface area contributed by atoms with E-state index in [-0.39, 0.29) is 29.2 Å². The van der Waals surface area contributed by atoms with Gasteiger partial charge in [-0.15, -0.1) is 0 Å². The van der Waals surface area contributed by atoms with Crippen molar-refractivity contribution in [2.75, 3.05) is 0 Å². The van der Waals surface area contributed by atoms with Crippen molar-refractivity contribution in [2.45, 2.75) is 60.5 Å². The van der Waals surface area contributed by atoms with Crippen LogP contribution in [-0.2, 0) is 14.3 Å². The SMILES string of the molecule is CC(=O)C=CC1=C(C)CC(OC(=O)C(C)C)CC1(C)C. The maximum Gasteiger partial charge on any atom is 0.308 e. The van der Waals surface area contributed by atoms with E-state index in [0.717, 1.165) is 12.8 Å².